The summed E-state index contributed by atoms with van der Waals surface area (Å²) >= 11 is 3.77. The largest absolute Gasteiger partial charge is 0.507 e. The number of amides is 2. The number of aliphatic carboxylic acids is 1. The van der Waals surface area contributed by atoms with Crippen LogP contribution in [0, 0.1) is 0 Å². The third kappa shape index (κ3) is 6.59. The summed E-state index contributed by atoms with van der Waals surface area (Å²) in [5.41, 5.74) is 0.130. The van der Waals surface area contributed by atoms with Gasteiger partial charge in [0.1, 0.15) is 17.4 Å². The molecule has 0 aliphatic rings. The molecule has 1 rings (SSSR count). The summed E-state index contributed by atoms with van der Waals surface area (Å²) in [6.07, 6.45) is -0.949. The van der Waals surface area contributed by atoms with Gasteiger partial charge in [-0.2, -0.15) is 12.6 Å². The summed E-state index contributed by atoms with van der Waals surface area (Å²) in [5.74, 6) is -3.94. The minimum absolute atomic E-state index is 0.0810. The fourth-order valence-corrected chi connectivity index (χ4v) is 1.89. The lowest BCUT2D eigenvalue weighted by molar-refractivity contribution is -0.141. The Balaban J connectivity index is 2.42. The number of hydrogen-bond acceptors (Lipinski definition) is 7. The lowest BCUT2D eigenvalue weighted by Crippen LogP contribution is -2.44. The van der Waals surface area contributed by atoms with Crippen molar-refractivity contribution in [3.05, 3.63) is 29.3 Å². The average molecular weight is 372 g/mol. The molecule has 0 saturated heterocycles. The molecule has 0 saturated carbocycles. The molecule has 0 radical (unpaired) electrons. The van der Waals surface area contributed by atoms with Gasteiger partial charge in [-0.15, -0.1) is 0 Å². The summed E-state index contributed by atoms with van der Waals surface area (Å²) in [5, 5.41) is 31.5. The van der Waals surface area contributed by atoms with Crippen LogP contribution in [0.4, 0.5) is 4.79 Å². The zero-order valence-corrected chi connectivity index (χ0v) is 13.7. The van der Waals surface area contributed by atoms with Gasteiger partial charge in [-0.05, 0) is 17.7 Å². The molecule has 11 heteroatoms. The minimum Gasteiger partial charge on any atom is -0.507 e. The number of phenols is 1. The summed E-state index contributed by atoms with van der Waals surface area (Å²) in [7, 11) is 0. The van der Waals surface area contributed by atoms with Crippen molar-refractivity contribution in [2.24, 2.45) is 0 Å². The van der Waals surface area contributed by atoms with E-state index >= 15 is 0 Å². The molecule has 1 atom stereocenters. The smallest absolute Gasteiger partial charge is 0.407 e. The van der Waals surface area contributed by atoms with Gasteiger partial charge in [0.15, 0.2) is 6.61 Å². The average Bonchev–Trinajstić information content (AvgIpc) is 2.55. The van der Waals surface area contributed by atoms with Crippen LogP contribution in [0.2, 0.25) is 0 Å². The zero-order chi connectivity index (χ0) is 19.0. The maximum Gasteiger partial charge on any atom is 0.407 e. The Labute approximate surface area is 147 Å². The Morgan fingerprint density at radius 1 is 1.20 bits per heavy atom. The van der Waals surface area contributed by atoms with Crippen LogP contribution in [-0.2, 0) is 20.9 Å². The van der Waals surface area contributed by atoms with E-state index in [0.717, 1.165) is 0 Å². The third-order valence-electron chi connectivity index (χ3n) is 2.88. The molecule has 25 heavy (non-hydrogen) atoms. The van der Waals surface area contributed by atoms with Crippen molar-refractivity contribution < 1.29 is 39.2 Å². The minimum atomic E-state index is -1.29. The molecule has 0 bridgehead atoms. The number of benzene rings is 1. The summed E-state index contributed by atoms with van der Waals surface area (Å²) in [4.78, 5) is 44.4. The summed E-state index contributed by atoms with van der Waals surface area (Å²) < 4.78 is 4.61. The van der Waals surface area contributed by atoms with E-state index in [0.29, 0.717) is 5.56 Å². The predicted molar refractivity (Wildman–Crippen MR) is 86.7 cm³/mol. The van der Waals surface area contributed by atoms with Gasteiger partial charge in [-0.3, -0.25) is 4.79 Å². The van der Waals surface area contributed by atoms with Crippen LogP contribution in [0.5, 0.6) is 5.75 Å². The molecule has 0 aromatic heterocycles. The first-order chi connectivity index (χ1) is 11.7. The molecule has 2 amide bonds. The number of carboxylic acids is 2. The second-order valence-corrected chi connectivity index (χ2v) is 5.09. The maximum atomic E-state index is 11.5. The second-order valence-electron chi connectivity index (χ2n) is 4.73. The van der Waals surface area contributed by atoms with E-state index in [-0.39, 0.29) is 17.9 Å². The van der Waals surface area contributed by atoms with Gasteiger partial charge in [-0.25, -0.2) is 14.4 Å². The number of aromatic hydroxyl groups is 1. The number of alkyl carbamates (subject to hydrolysis) is 1. The Hall–Kier alpha value is -2.95. The quantitative estimate of drug-likeness (QED) is 0.342. The van der Waals surface area contributed by atoms with Crippen molar-refractivity contribution in [1.29, 1.82) is 0 Å². The van der Waals surface area contributed by atoms with Crippen LogP contribution in [0.15, 0.2) is 18.2 Å². The van der Waals surface area contributed by atoms with E-state index < -0.39 is 42.3 Å². The number of nitrogens with one attached hydrogen (secondary N) is 2. The van der Waals surface area contributed by atoms with Gasteiger partial charge in [0.05, 0.1) is 0 Å². The number of ether oxygens (including phenoxy) is 1. The molecule has 136 valence electrons. The van der Waals surface area contributed by atoms with Gasteiger partial charge in [0.2, 0.25) is 0 Å². The second kappa shape index (κ2) is 9.37. The van der Waals surface area contributed by atoms with Crippen LogP contribution in [0.3, 0.4) is 0 Å². The SMILES string of the molecule is O=C(COC(=O)NCc1ccc(C(=O)O)c(O)c1)NC(CS)C(=O)O. The molecule has 1 aromatic carbocycles. The molecule has 0 fully saturated rings. The van der Waals surface area contributed by atoms with Crippen LogP contribution in [0.25, 0.3) is 0 Å². The molecule has 0 heterocycles. The van der Waals surface area contributed by atoms with Crippen LogP contribution in [0.1, 0.15) is 15.9 Å². The first-order valence-electron chi connectivity index (χ1n) is 6.83. The third-order valence-corrected chi connectivity index (χ3v) is 3.24. The van der Waals surface area contributed by atoms with Crippen molar-refractivity contribution in [3.63, 3.8) is 0 Å². The molecule has 0 aliphatic carbocycles. The van der Waals surface area contributed by atoms with E-state index in [1.807, 2.05) is 0 Å². The number of carbonyl (C=O) groups is 4. The van der Waals surface area contributed by atoms with Crippen molar-refractivity contribution in [3.8, 4) is 5.75 Å². The van der Waals surface area contributed by atoms with Crippen molar-refractivity contribution in [2.75, 3.05) is 12.4 Å². The number of carbonyl (C=O) groups excluding carboxylic acids is 2. The standard InChI is InChI=1S/C14H16N2O8S/c17-10-3-7(1-2-8(10)12(19)20)4-15-14(23)24-5-11(18)16-9(6-25)13(21)22/h1-3,9,17,25H,4-6H2,(H,15,23)(H,16,18)(H,19,20)(H,21,22). The molecule has 0 aliphatic heterocycles. The normalized spacial score (nSPS) is 11.2. The van der Waals surface area contributed by atoms with Gasteiger partial charge >= 0.3 is 18.0 Å². The van der Waals surface area contributed by atoms with Gasteiger partial charge in [0, 0.05) is 12.3 Å². The van der Waals surface area contributed by atoms with E-state index in [1.165, 1.54) is 18.2 Å². The first kappa shape index (κ1) is 20.1. The lowest BCUT2D eigenvalue weighted by Gasteiger charge is -2.12. The van der Waals surface area contributed by atoms with Gasteiger partial charge < -0.3 is 30.7 Å². The fraction of sp³-hybridized carbons (Fsp3) is 0.286. The monoisotopic (exact) mass is 372 g/mol. The van der Waals surface area contributed by atoms with Crippen LogP contribution < -0.4 is 10.6 Å². The molecule has 10 nitrogen and oxygen atoms in total. The summed E-state index contributed by atoms with van der Waals surface area (Å²) in [6.45, 7) is -0.769. The number of hydrogen-bond donors (Lipinski definition) is 6. The van der Waals surface area contributed by atoms with E-state index in [2.05, 4.69) is 28.0 Å². The molecule has 5 N–H and O–H groups in total. The number of rotatable bonds is 8. The highest BCUT2D eigenvalue weighted by Gasteiger charge is 2.18. The van der Waals surface area contributed by atoms with Gasteiger partial charge in [-0.1, -0.05) is 6.07 Å². The van der Waals surface area contributed by atoms with Gasteiger partial charge in [0.25, 0.3) is 5.91 Å². The Morgan fingerprint density at radius 2 is 1.88 bits per heavy atom. The molecule has 1 aromatic rings. The summed E-state index contributed by atoms with van der Waals surface area (Å²) in [6, 6.07) is 2.54. The van der Waals surface area contributed by atoms with Crippen molar-refractivity contribution in [2.45, 2.75) is 12.6 Å². The van der Waals surface area contributed by atoms with E-state index in [4.69, 9.17) is 10.2 Å². The maximum absolute atomic E-state index is 11.5. The molecular formula is C14H16N2O8S. The molecule has 1 unspecified atom stereocenters. The van der Waals surface area contributed by atoms with Crippen LogP contribution in [-0.4, -0.2) is 57.7 Å². The number of thiol groups is 1. The van der Waals surface area contributed by atoms with Crippen molar-refractivity contribution in [1.82, 2.24) is 10.6 Å². The number of aromatic carboxylic acids is 1. The number of carboxylic acid groups (broad SMARTS) is 2. The van der Waals surface area contributed by atoms with Crippen molar-refractivity contribution >= 4 is 36.6 Å². The van der Waals surface area contributed by atoms with E-state index in [9.17, 15) is 24.3 Å². The fourth-order valence-electron chi connectivity index (χ4n) is 1.65. The first-order valence-corrected chi connectivity index (χ1v) is 7.46. The highest BCUT2D eigenvalue weighted by Crippen LogP contribution is 2.18. The van der Waals surface area contributed by atoms with Crippen LogP contribution >= 0.6 is 12.6 Å². The highest BCUT2D eigenvalue weighted by atomic mass is 32.1. The molecule has 0 spiro atoms. The molecular weight excluding hydrogens is 356 g/mol. The lowest BCUT2D eigenvalue weighted by atomic mass is 10.1. The van der Waals surface area contributed by atoms with E-state index in [1.54, 1.807) is 0 Å². The Bertz CT molecular complexity index is 679. The highest BCUT2D eigenvalue weighted by molar-refractivity contribution is 7.80. The zero-order valence-electron chi connectivity index (χ0n) is 12.8. The topological polar surface area (TPSA) is 162 Å². The predicted octanol–water partition coefficient (Wildman–Crippen LogP) is -0.184. The Kier molecular flexibility index (Phi) is 7.53. The Morgan fingerprint density at radius 3 is 2.40 bits per heavy atom.